The standard InChI is InChI=1S/C21H15BrClN3/c1-14-13-18(23)11-12-19(14)26-20(15-5-3-2-4-6-15)24-25-21(26)16-7-9-17(22)10-8-16/h2-13H,1H3. The fourth-order valence-corrected chi connectivity index (χ4v) is 3.43. The predicted octanol–water partition coefficient (Wildman–Crippen LogP) is 6.33. The van der Waals surface area contributed by atoms with Crippen LogP contribution in [0.4, 0.5) is 0 Å². The van der Waals surface area contributed by atoms with Gasteiger partial charge in [-0.3, -0.25) is 4.57 Å². The topological polar surface area (TPSA) is 30.7 Å². The van der Waals surface area contributed by atoms with Crippen molar-refractivity contribution in [2.24, 2.45) is 0 Å². The molecule has 0 radical (unpaired) electrons. The number of nitrogens with zero attached hydrogens (tertiary/aromatic N) is 3. The molecule has 4 rings (SSSR count). The van der Waals surface area contributed by atoms with Crippen molar-refractivity contribution in [1.82, 2.24) is 14.8 Å². The van der Waals surface area contributed by atoms with Gasteiger partial charge in [0.05, 0.1) is 5.69 Å². The summed E-state index contributed by atoms with van der Waals surface area (Å²) in [5, 5.41) is 9.70. The van der Waals surface area contributed by atoms with Gasteiger partial charge >= 0.3 is 0 Å². The van der Waals surface area contributed by atoms with E-state index in [4.69, 9.17) is 11.6 Å². The van der Waals surface area contributed by atoms with Gasteiger partial charge < -0.3 is 0 Å². The van der Waals surface area contributed by atoms with Gasteiger partial charge in [0.2, 0.25) is 0 Å². The van der Waals surface area contributed by atoms with Gasteiger partial charge in [0.15, 0.2) is 11.6 Å². The second-order valence-electron chi connectivity index (χ2n) is 5.99. The van der Waals surface area contributed by atoms with Crippen molar-refractivity contribution in [3.8, 4) is 28.5 Å². The fraction of sp³-hybridized carbons (Fsp3) is 0.0476. The van der Waals surface area contributed by atoms with Crippen LogP contribution in [0.15, 0.2) is 77.3 Å². The number of hydrogen-bond donors (Lipinski definition) is 0. The SMILES string of the molecule is Cc1cc(Cl)ccc1-n1c(-c2ccccc2)nnc1-c1ccc(Br)cc1. The van der Waals surface area contributed by atoms with Crippen molar-refractivity contribution in [3.63, 3.8) is 0 Å². The van der Waals surface area contributed by atoms with Crippen LogP contribution < -0.4 is 0 Å². The molecule has 1 heterocycles. The maximum absolute atomic E-state index is 6.16. The summed E-state index contributed by atoms with van der Waals surface area (Å²) in [7, 11) is 0. The molecule has 4 aromatic rings. The van der Waals surface area contributed by atoms with Crippen LogP contribution in [0, 0.1) is 6.92 Å². The third kappa shape index (κ3) is 3.18. The van der Waals surface area contributed by atoms with Crippen LogP contribution in [0.5, 0.6) is 0 Å². The molecule has 0 unspecified atom stereocenters. The Morgan fingerprint density at radius 3 is 2.04 bits per heavy atom. The number of benzene rings is 3. The maximum atomic E-state index is 6.16. The van der Waals surface area contributed by atoms with E-state index in [2.05, 4.69) is 30.7 Å². The van der Waals surface area contributed by atoms with E-state index in [0.29, 0.717) is 5.02 Å². The monoisotopic (exact) mass is 423 g/mol. The third-order valence-electron chi connectivity index (χ3n) is 4.20. The molecular weight excluding hydrogens is 410 g/mol. The van der Waals surface area contributed by atoms with E-state index in [0.717, 1.165) is 38.5 Å². The summed E-state index contributed by atoms with van der Waals surface area (Å²) in [5.41, 5.74) is 4.08. The van der Waals surface area contributed by atoms with Crippen molar-refractivity contribution in [1.29, 1.82) is 0 Å². The van der Waals surface area contributed by atoms with Gasteiger partial charge in [-0.25, -0.2) is 0 Å². The minimum atomic E-state index is 0.714. The lowest BCUT2D eigenvalue weighted by Gasteiger charge is -2.14. The second-order valence-corrected chi connectivity index (χ2v) is 7.34. The lowest BCUT2D eigenvalue weighted by atomic mass is 10.1. The van der Waals surface area contributed by atoms with Crippen LogP contribution in [0.1, 0.15) is 5.56 Å². The van der Waals surface area contributed by atoms with Crippen LogP contribution in [0.2, 0.25) is 5.02 Å². The number of hydrogen-bond acceptors (Lipinski definition) is 2. The molecule has 0 aliphatic rings. The number of rotatable bonds is 3. The summed E-state index contributed by atoms with van der Waals surface area (Å²) in [5.74, 6) is 1.59. The van der Waals surface area contributed by atoms with Crippen LogP contribution in [-0.2, 0) is 0 Å². The lowest BCUT2D eigenvalue weighted by molar-refractivity contribution is 1.05. The average Bonchev–Trinajstić information content (AvgIpc) is 3.08. The number of aromatic nitrogens is 3. The molecule has 0 saturated heterocycles. The zero-order valence-corrected chi connectivity index (χ0v) is 16.4. The van der Waals surface area contributed by atoms with Gasteiger partial charge in [-0.05, 0) is 42.8 Å². The van der Waals surface area contributed by atoms with Crippen molar-refractivity contribution in [2.75, 3.05) is 0 Å². The highest BCUT2D eigenvalue weighted by molar-refractivity contribution is 9.10. The number of halogens is 2. The Labute approximate surface area is 165 Å². The molecule has 0 atom stereocenters. The molecule has 5 heteroatoms. The molecule has 0 aliphatic carbocycles. The lowest BCUT2D eigenvalue weighted by Crippen LogP contribution is -2.02. The first kappa shape index (κ1) is 17.0. The molecule has 26 heavy (non-hydrogen) atoms. The first-order valence-corrected chi connectivity index (χ1v) is 9.34. The van der Waals surface area contributed by atoms with Gasteiger partial charge in [0.25, 0.3) is 0 Å². The van der Waals surface area contributed by atoms with Crippen molar-refractivity contribution in [2.45, 2.75) is 6.92 Å². The second kappa shape index (κ2) is 7.06. The Hall–Kier alpha value is -2.43. The molecule has 0 N–H and O–H groups in total. The summed E-state index contributed by atoms with van der Waals surface area (Å²) in [6.07, 6.45) is 0. The molecule has 0 saturated carbocycles. The molecule has 1 aromatic heterocycles. The van der Waals surface area contributed by atoms with Crippen LogP contribution in [0.3, 0.4) is 0 Å². The molecule has 0 aliphatic heterocycles. The zero-order valence-electron chi connectivity index (χ0n) is 14.0. The Morgan fingerprint density at radius 1 is 0.808 bits per heavy atom. The molecule has 3 nitrogen and oxygen atoms in total. The Kier molecular flexibility index (Phi) is 4.62. The van der Waals surface area contributed by atoms with E-state index in [1.807, 2.05) is 79.7 Å². The Balaban J connectivity index is 1.99. The molecule has 0 fully saturated rings. The maximum Gasteiger partial charge on any atom is 0.168 e. The largest absolute Gasteiger partial charge is 0.275 e. The van der Waals surface area contributed by atoms with Gasteiger partial charge in [0.1, 0.15) is 0 Å². The van der Waals surface area contributed by atoms with Crippen molar-refractivity contribution >= 4 is 27.5 Å². The highest BCUT2D eigenvalue weighted by Gasteiger charge is 2.18. The summed E-state index contributed by atoms with van der Waals surface area (Å²) in [6, 6.07) is 24.0. The Morgan fingerprint density at radius 2 is 1.42 bits per heavy atom. The molecule has 0 spiro atoms. The van der Waals surface area contributed by atoms with Crippen molar-refractivity contribution < 1.29 is 0 Å². The summed E-state index contributed by atoms with van der Waals surface area (Å²) in [4.78, 5) is 0. The van der Waals surface area contributed by atoms with E-state index in [9.17, 15) is 0 Å². The molecule has 3 aromatic carbocycles. The van der Waals surface area contributed by atoms with Crippen LogP contribution in [-0.4, -0.2) is 14.8 Å². The number of aryl methyl sites for hydroxylation is 1. The Bertz CT molecular complexity index is 1060. The minimum Gasteiger partial charge on any atom is -0.275 e. The predicted molar refractivity (Wildman–Crippen MR) is 110 cm³/mol. The summed E-state index contributed by atoms with van der Waals surface area (Å²) < 4.78 is 3.11. The average molecular weight is 425 g/mol. The van der Waals surface area contributed by atoms with E-state index in [1.165, 1.54) is 0 Å². The molecular formula is C21H15BrClN3. The fourth-order valence-electron chi connectivity index (χ4n) is 2.94. The highest BCUT2D eigenvalue weighted by Crippen LogP contribution is 2.31. The van der Waals surface area contributed by atoms with E-state index in [-0.39, 0.29) is 0 Å². The van der Waals surface area contributed by atoms with Gasteiger partial charge in [-0.15, -0.1) is 10.2 Å². The summed E-state index contributed by atoms with van der Waals surface area (Å²) in [6.45, 7) is 2.04. The van der Waals surface area contributed by atoms with Gasteiger partial charge in [-0.1, -0.05) is 70.0 Å². The quantitative estimate of drug-likeness (QED) is 0.385. The highest BCUT2D eigenvalue weighted by atomic mass is 79.9. The smallest absolute Gasteiger partial charge is 0.168 e. The summed E-state index contributed by atoms with van der Waals surface area (Å²) >= 11 is 9.65. The van der Waals surface area contributed by atoms with Crippen LogP contribution in [0.25, 0.3) is 28.5 Å². The third-order valence-corrected chi connectivity index (χ3v) is 4.96. The zero-order chi connectivity index (χ0) is 18.1. The van der Waals surface area contributed by atoms with Crippen LogP contribution >= 0.6 is 27.5 Å². The van der Waals surface area contributed by atoms with E-state index < -0.39 is 0 Å². The van der Waals surface area contributed by atoms with E-state index >= 15 is 0 Å². The first-order chi connectivity index (χ1) is 12.6. The van der Waals surface area contributed by atoms with Gasteiger partial charge in [0, 0.05) is 20.6 Å². The van der Waals surface area contributed by atoms with Gasteiger partial charge in [-0.2, -0.15) is 0 Å². The molecule has 0 amide bonds. The first-order valence-electron chi connectivity index (χ1n) is 8.17. The van der Waals surface area contributed by atoms with E-state index in [1.54, 1.807) is 0 Å². The minimum absolute atomic E-state index is 0.714. The molecule has 0 bridgehead atoms. The molecule has 128 valence electrons. The van der Waals surface area contributed by atoms with Crippen molar-refractivity contribution in [3.05, 3.63) is 87.9 Å². The normalized spacial score (nSPS) is 10.9.